The Balaban J connectivity index is 0.000000461. The summed E-state index contributed by atoms with van der Waals surface area (Å²) in [6.07, 6.45) is 0. The normalized spacial score (nSPS) is 9.07. The molecule has 1 nitrogen and oxygen atoms in total. The van der Waals surface area contributed by atoms with Gasteiger partial charge in [0.15, 0.2) is 0 Å². The van der Waals surface area contributed by atoms with Gasteiger partial charge in [0.05, 0.1) is 10.7 Å². The van der Waals surface area contributed by atoms with Gasteiger partial charge >= 0.3 is 0 Å². The summed E-state index contributed by atoms with van der Waals surface area (Å²) in [7, 11) is 0. The fourth-order valence-corrected chi connectivity index (χ4v) is 1.73. The third-order valence-corrected chi connectivity index (χ3v) is 2.46. The third kappa shape index (κ3) is 2.67. The predicted molar refractivity (Wildman–Crippen MR) is 63.6 cm³/mol. The lowest BCUT2D eigenvalue weighted by atomic mass is 10.2. The van der Waals surface area contributed by atoms with E-state index in [1.807, 2.05) is 39.0 Å². The van der Waals surface area contributed by atoms with Crippen molar-refractivity contribution < 1.29 is 0 Å². The molecule has 0 spiro atoms. The summed E-state index contributed by atoms with van der Waals surface area (Å²) < 4.78 is 0. The molecule has 0 radical (unpaired) electrons. The van der Waals surface area contributed by atoms with E-state index in [9.17, 15) is 0 Å². The Kier molecular flexibility index (Phi) is 4.33. The van der Waals surface area contributed by atoms with Crippen LogP contribution in [0, 0.1) is 6.92 Å². The zero-order valence-electron chi connectivity index (χ0n) is 8.82. The molecule has 0 N–H and O–H groups in total. The lowest BCUT2D eigenvalue weighted by molar-refractivity contribution is 1.30. The van der Waals surface area contributed by atoms with Crippen molar-refractivity contribution in [3.05, 3.63) is 40.7 Å². The third-order valence-electron chi connectivity index (χ3n) is 1.69. The monoisotopic (exact) mass is 205 g/mol. The number of aromatic nitrogens is 1. The standard InChI is InChI=1S/C10H9NS.C2H6/c1-8-11-10(7-12-8)9-5-3-2-4-6-9;1-2/h2-7H,1H3;1-2H3. The van der Waals surface area contributed by atoms with E-state index >= 15 is 0 Å². The molecule has 1 aromatic heterocycles. The Hall–Kier alpha value is -1.15. The lowest BCUT2D eigenvalue weighted by Crippen LogP contribution is -1.75. The van der Waals surface area contributed by atoms with Gasteiger partial charge in [-0.1, -0.05) is 44.2 Å². The molecule has 0 bridgehead atoms. The first kappa shape index (κ1) is 10.9. The molecular weight excluding hydrogens is 190 g/mol. The Labute approximate surface area is 89.4 Å². The summed E-state index contributed by atoms with van der Waals surface area (Å²) in [6, 6.07) is 10.2. The maximum atomic E-state index is 4.40. The molecule has 0 aliphatic carbocycles. The van der Waals surface area contributed by atoms with Gasteiger partial charge in [-0.05, 0) is 6.92 Å². The van der Waals surface area contributed by atoms with E-state index < -0.39 is 0 Å². The minimum Gasteiger partial charge on any atom is -0.242 e. The van der Waals surface area contributed by atoms with Crippen molar-refractivity contribution in [3.63, 3.8) is 0 Å². The molecule has 2 heteroatoms. The number of aryl methyl sites for hydroxylation is 1. The van der Waals surface area contributed by atoms with Crippen LogP contribution >= 0.6 is 11.3 Å². The van der Waals surface area contributed by atoms with Crippen molar-refractivity contribution in [2.45, 2.75) is 20.8 Å². The molecule has 1 aromatic carbocycles. The molecule has 1 heterocycles. The molecular formula is C12H15NS. The molecule has 0 fully saturated rings. The number of benzene rings is 1. The molecule has 0 saturated heterocycles. The number of thiazole rings is 1. The Morgan fingerprint density at radius 3 is 2.21 bits per heavy atom. The van der Waals surface area contributed by atoms with E-state index in [0.29, 0.717) is 0 Å². The summed E-state index contributed by atoms with van der Waals surface area (Å²) in [4.78, 5) is 4.40. The first-order valence-electron chi connectivity index (χ1n) is 4.84. The molecule has 2 rings (SSSR count). The van der Waals surface area contributed by atoms with Crippen LogP contribution in [0.5, 0.6) is 0 Å². The smallest absolute Gasteiger partial charge is 0.0901 e. The van der Waals surface area contributed by atoms with Crippen LogP contribution in [-0.2, 0) is 0 Å². The molecule has 0 unspecified atom stereocenters. The van der Waals surface area contributed by atoms with Crippen LogP contribution in [0.1, 0.15) is 18.9 Å². The van der Waals surface area contributed by atoms with Crippen molar-refractivity contribution in [1.82, 2.24) is 4.98 Å². The first-order valence-corrected chi connectivity index (χ1v) is 5.72. The van der Waals surface area contributed by atoms with Crippen molar-refractivity contribution in [2.24, 2.45) is 0 Å². The van der Waals surface area contributed by atoms with Crippen LogP contribution < -0.4 is 0 Å². The largest absolute Gasteiger partial charge is 0.242 e. The number of hydrogen-bond donors (Lipinski definition) is 0. The van der Waals surface area contributed by atoms with Crippen LogP contribution in [0.2, 0.25) is 0 Å². The highest BCUT2D eigenvalue weighted by molar-refractivity contribution is 7.09. The summed E-state index contributed by atoms with van der Waals surface area (Å²) in [5.41, 5.74) is 2.28. The first-order chi connectivity index (χ1) is 6.86. The van der Waals surface area contributed by atoms with Gasteiger partial charge in [-0.25, -0.2) is 4.98 Å². The van der Waals surface area contributed by atoms with Crippen LogP contribution in [0.4, 0.5) is 0 Å². The molecule has 2 aromatic rings. The molecule has 0 atom stereocenters. The van der Waals surface area contributed by atoms with Crippen molar-refractivity contribution >= 4 is 11.3 Å². The van der Waals surface area contributed by atoms with Gasteiger partial charge in [0.1, 0.15) is 0 Å². The van der Waals surface area contributed by atoms with Crippen LogP contribution in [0.25, 0.3) is 11.3 Å². The summed E-state index contributed by atoms with van der Waals surface area (Å²) in [6.45, 7) is 6.02. The summed E-state index contributed by atoms with van der Waals surface area (Å²) in [5, 5.41) is 3.21. The molecule has 0 aliphatic rings. The van der Waals surface area contributed by atoms with Gasteiger partial charge < -0.3 is 0 Å². The topological polar surface area (TPSA) is 12.9 Å². The minimum absolute atomic E-state index is 1.08. The highest BCUT2D eigenvalue weighted by atomic mass is 32.1. The van der Waals surface area contributed by atoms with Crippen molar-refractivity contribution in [2.75, 3.05) is 0 Å². The minimum atomic E-state index is 1.08. The van der Waals surface area contributed by atoms with Gasteiger partial charge in [0.2, 0.25) is 0 Å². The van der Waals surface area contributed by atoms with E-state index in [1.165, 1.54) is 5.56 Å². The zero-order valence-corrected chi connectivity index (χ0v) is 9.64. The van der Waals surface area contributed by atoms with Crippen molar-refractivity contribution in [1.29, 1.82) is 0 Å². The van der Waals surface area contributed by atoms with Gasteiger partial charge in [0.25, 0.3) is 0 Å². The SMILES string of the molecule is CC.Cc1nc(-c2ccccc2)cs1. The van der Waals surface area contributed by atoms with E-state index in [0.717, 1.165) is 10.7 Å². The van der Waals surface area contributed by atoms with Gasteiger partial charge in [-0.3, -0.25) is 0 Å². The average Bonchev–Trinajstić information content (AvgIpc) is 2.69. The van der Waals surface area contributed by atoms with Crippen LogP contribution in [0.3, 0.4) is 0 Å². The van der Waals surface area contributed by atoms with Gasteiger partial charge in [0, 0.05) is 10.9 Å². The number of nitrogens with zero attached hydrogens (tertiary/aromatic N) is 1. The molecule has 14 heavy (non-hydrogen) atoms. The predicted octanol–water partition coefficient (Wildman–Crippen LogP) is 4.14. The highest BCUT2D eigenvalue weighted by Crippen LogP contribution is 2.20. The van der Waals surface area contributed by atoms with E-state index in [-0.39, 0.29) is 0 Å². The van der Waals surface area contributed by atoms with Gasteiger partial charge in [-0.2, -0.15) is 0 Å². The zero-order chi connectivity index (χ0) is 10.4. The quantitative estimate of drug-likeness (QED) is 0.681. The average molecular weight is 205 g/mol. The number of hydrogen-bond acceptors (Lipinski definition) is 2. The lowest BCUT2D eigenvalue weighted by Gasteiger charge is -1.92. The molecule has 0 amide bonds. The van der Waals surface area contributed by atoms with Crippen LogP contribution in [0.15, 0.2) is 35.7 Å². The summed E-state index contributed by atoms with van der Waals surface area (Å²) >= 11 is 1.69. The highest BCUT2D eigenvalue weighted by Gasteiger charge is 1.99. The van der Waals surface area contributed by atoms with Gasteiger partial charge in [-0.15, -0.1) is 11.3 Å². The van der Waals surface area contributed by atoms with E-state index in [2.05, 4.69) is 22.5 Å². The molecule has 74 valence electrons. The second-order valence-electron chi connectivity index (χ2n) is 2.62. The second-order valence-corrected chi connectivity index (χ2v) is 3.68. The van der Waals surface area contributed by atoms with Crippen molar-refractivity contribution in [3.8, 4) is 11.3 Å². The second kappa shape index (κ2) is 5.55. The Morgan fingerprint density at radius 2 is 1.71 bits per heavy atom. The maximum absolute atomic E-state index is 4.40. The van der Waals surface area contributed by atoms with Crippen LogP contribution in [-0.4, -0.2) is 4.98 Å². The molecule has 0 aliphatic heterocycles. The van der Waals surface area contributed by atoms with E-state index in [4.69, 9.17) is 0 Å². The molecule has 0 saturated carbocycles. The fraction of sp³-hybridized carbons (Fsp3) is 0.250. The maximum Gasteiger partial charge on any atom is 0.0901 e. The number of rotatable bonds is 1. The fourth-order valence-electron chi connectivity index (χ4n) is 1.10. The van der Waals surface area contributed by atoms with E-state index in [1.54, 1.807) is 11.3 Å². The summed E-state index contributed by atoms with van der Waals surface area (Å²) in [5.74, 6) is 0. The Bertz CT molecular complexity index is 365. The Morgan fingerprint density at radius 1 is 1.07 bits per heavy atom.